The lowest BCUT2D eigenvalue weighted by molar-refractivity contribution is 0.0725. The lowest BCUT2D eigenvalue weighted by atomic mass is 10.0. The summed E-state index contributed by atoms with van der Waals surface area (Å²) in [4.78, 5) is 6.89. The quantitative estimate of drug-likeness (QED) is 0.869. The first-order valence-corrected chi connectivity index (χ1v) is 6.88. The van der Waals surface area contributed by atoms with Gasteiger partial charge in [0.15, 0.2) is 0 Å². The van der Waals surface area contributed by atoms with E-state index in [-0.39, 0.29) is 12.6 Å². The van der Waals surface area contributed by atoms with Gasteiger partial charge in [0, 0.05) is 41.9 Å². The lowest BCUT2D eigenvalue weighted by Crippen LogP contribution is -2.47. The summed E-state index contributed by atoms with van der Waals surface area (Å²) < 4.78 is 15.5. The zero-order chi connectivity index (χ0) is 12.7. The maximum Gasteiger partial charge on any atom is 0.138 e. The van der Waals surface area contributed by atoms with Crippen molar-refractivity contribution in [1.82, 2.24) is 14.3 Å². The van der Waals surface area contributed by atoms with Crippen molar-refractivity contribution < 1.29 is 4.39 Å². The number of nitrogens with zero attached hydrogens (tertiary/aromatic N) is 3. The molecule has 3 rings (SSSR count). The average Bonchev–Trinajstić information content (AvgIpc) is 2.59. The van der Waals surface area contributed by atoms with Crippen molar-refractivity contribution in [3.05, 3.63) is 34.2 Å². The van der Waals surface area contributed by atoms with Crippen LogP contribution >= 0.6 is 15.9 Å². The molecule has 2 aromatic rings. The van der Waals surface area contributed by atoms with Crippen LogP contribution in [0.5, 0.6) is 0 Å². The summed E-state index contributed by atoms with van der Waals surface area (Å²) >= 11 is 3.45. The van der Waals surface area contributed by atoms with Crippen molar-refractivity contribution in [3.8, 4) is 0 Å². The second-order valence-corrected chi connectivity index (χ2v) is 5.85. The number of alkyl halides is 1. The molecule has 1 aliphatic rings. The van der Waals surface area contributed by atoms with Crippen LogP contribution in [0.15, 0.2) is 22.8 Å². The van der Waals surface area contributed by atoms with E-state index in [2.05, 4.69) is 37.1 Å². The van der Waals surface area contributed by atoms with Crippen LogP contribution in [-0.4, -0.2) is 34.0 Å². The van der Waals surface area contributed by atoms with E-state index in [4.69, 9.17) is 0 Å². The summed E-state index contributed by atoms with van der Waals surface area (Å²) in [7, 11) is 0. The Morgan fingerprint density at radius 2 is 2.28 bits per heavy atom. The summed E-state index contributed by atoms with van der Waals surface area (Å²) in [6, 6.07) is 4.02. The number of rotatable bonds is 3. The van der Waals surface area contributed by atoms with Gasteiger partial charge in [-0.05, 0) is 19.1 Å². The first kappa shape index (κ1) is 12.1. The molecule has 0 atom stereocenters. The minimum Gasteiger partial charge on any atom is -0.304 e. The highest BCUT2D eigenvalue weighted by atomic mass is 79.9. The minimum atomic E-state index is -0.201. The number of imidazole rings is 1. The minimum absolute atomic E-state index is 0.201. The summed E-state index contributed by atoms with van der Waals surface area (Å²) in [6.07, 6.45) is 2.02. The third-order valence-electron chi connectivity index (χ3n) is 3.55. The molecule has 2 aromatic heterocycles. The number of pyridine rings is 1. The number of aryl methyl sites for hydroxylation is 1. The normalized spacial score (nSPS) is 17.3. The molecule has 96 valence electrons. The highest BCUT2D eigenvalue weighted by molar-refractivity contribution is 9.10. The molecule has 0 bridgehead atoms. The van der Waals surface area contributed by atoms with Crippen LogP contribution in [0, 0.1) is 12.8 Å². The number of fused-ring (bicyclic) bond motifs is 1. The SMILES string of the molecule is Cc1c(CN2CC(CF)C2)nc2cc(Br)ccn12. The molecule has 18 heavy (non-hydrogen) atoms. The molecule has 1 aliphatic heterocycles. The van der Waals surface area contributed by atoms with E-state index >= 15 is 0 Å². The van der Waals surface area contributed by atoms with Gasteiger partial charge in [-0.3, -0.25) is 9.29 Å². The molecular weight excluding hydrogens is 297 g/mol. The predicted octanol–water partition coefficient (Wildman–Crippen LogP) is 2.81. The monoisotopic (exact) mass is 311 g/mol. The van der Waals surface area contributed by atoms with Crippen LogP contribution in [0.3, 0.4) is 0 Å². The molecule has 0 unspecified atom stereocenters. The maximum atomic E-state index is 12.4. The summed E-state index contributed by atoms with van der Waals surface area (Å²) in [6.45, 7) is 4.41. The van der Waals surface area contributed by atoms with Crippen molar-refractivity contribution in [2.24, 2.45) is 5.92 Å². The van der Waals surface area contributed by atoms with Crippen LogP contribution in [-0.2, 0) is 6.54 Å². The van der Waals surface area contributed by atoms with Gasteiger partial charge in [0.1, 0.15) is 5.65 Å². The van der Waals surface area contributed by atoms with Crippen LogP contribution in [0.25, 0.3) is 5.65 Å². The van der Waals surface area contributed by atoms with Crippen molar-refractivity contribution in [2.45, 2.75) is 13.5 Å². The number of halogens is 2. The van der Waals surface area contributed by atoms with Gasteiger partial charge in [-0.2, -0.15) is 0 Å². The van der Waals surface area contributed by atoms with Gasteiger partial charge in [-0.15, -0.1) is 0 Å². The van der Waals surface area contributed by atoms with E-state index in [1.165, 1.54) is 5.69 Å². The van der Waals surface area contributed by atoms with E-state index in [1.807, 2.05) is 18.3 Å². The van der Waals surface area contributed by atoms with Crippen molar-refractivity contribution >= 4 is 21.6 Å². The number of hydrogen-bond acceptors (Lipinski definition) is 2. The first-order valence-electron chi connectivity index (χ1n) is 6.09. The number of aromatic nitrogens is 2. The summed E-state index contributed by atoms with van der Waals surface area (Å²) in [5.41, 5.74) is 3.21. The Hall–Kier alpha value is -0.940. The Bertz CT molecular complexity index is 575. The highest BCUT2D eigenvalue weighted by Crippen LogP contribution is 2.22. The second kappa shape index (κ2) is 4.63. The van der Waals surface area contributed by atoms with Gasteiger partial charge in [-0.1, -0.05) is 15.9 Å². The topological polar surface area (TPSA) is 20.5 Å². The zero-order valence-corrected chi connectivity index (χ0v) is 11.8. The Morgan fingerprint density at radius 1 is 1.50 bits per heavy atom. The van der Waals surface area contributed by atoms with Crippen LogP contribution < -0.4 is 0 Å². The van der Waals surface area contributed by atoms with Crippen molar-refractivity contribution in [2.75, 3.05) is 19.8 Å². The van der Waals surface area contributed by atoms with Gasteiger partial charge in [0.2, 0.25) is 0 Å². The fraction of sp³-hybridized carbons (Fsp3) is 0.462. The molecule has 0 amide bonds. The lowest BCUT2D eigenvalue weighted by Gasteiger charge is -2.37. The van der Waals surface area contributed by atoms with Gasteiger partial charge < -0.3 is 4.40 Å². The molecular formula is C13H15BrFN3. The van der Waals surface area contributed by atoms with Crippen molar-refractivity contribution in [1.29, 1.82) is 0 Å². The predicted molar refractivity (Wildman–Crippen MR) is 72.4 cm³/mol. The van der Waals surface area contributed by atoms with Gasteiger partial charge >= 0.3 is 0 Å². The van der Waals surface area contributed by atoms with E-state index in [0.717, 1.165) is 35.4 Å². The Balaban J connectivity index is 1.82. The smallest absolute Gasteiger partial charge is 0.138 e. The summed E-state index contributed by atoms with van der Waals surface area (Å²) in [5.74, 6) is 0.233. The van der Waals surface area contributed by atoms with E-state index in [1.54, 1.807) is 0 Å². The van der Waals surface area contributed by atoms with Crippen LogP contribution in [0.2, 0.25) is 0 Å². The molecule has 0 N–H and O–H groups in total. The molecule has 0 spiro atoms. The van der Waals surface area contributed by atoms with Crippen molar-refractivity contribution in [3.63, 3.8) is 0 Å². The first-order chi connectivity index (χ1) is 8.67. The Labute approximate surface area is 114 Å². The largest absolute Gasteiger partial charge is 0.304 e. The highest BCUT2D eigenvalue weighted by Gasteiger charge is 2.27. The Morgan fingerprint density at radius 3 is 3.00 bits per heavy atom. The van der Waals surface area contributed by atoms with Gasteiger partial charge in [0.25, 0.3) is 0 Å². The van der Waals surface area contributed by atoms with E-state index in [9.17, 15) is 4.39 Å². The molecule has 0 radical (unpaired) electrons. The zero-order valence-electron chi connectivity index (χ0n) is 10.2. The summed E-state index contributed by atoms with van der Waals surface area (Å²) in [5, 5.41) is 0. The maximum absolute atomic E-state index is 12.4. The third kappa shape index (κ3) is 2.06. The molecule has 0 aromatic carbocycles. The Kier molecular flexibility index (Phi) is 3.11. The number of hydrogen-bond donors (Lipinski definition) is 0. The molecule has 3 nitrogen and oxygen atoms in total. The molecule has 3 heterocycles. The van der Waals surface area contributed by atoms with Crippen LogP contribution in [0.4, 0.5) is 4.39 Å². The van der Waals surface area contributed by atoms with Crippen LogP contribution in [0.1, 0.15) is 11.4 Å². The van der Waals surface area contributed by atoms with Gasteiger partial charge in [-0.25, -0.2) is 4.98 Å². The number of likely N-dealkylation sites (tertiary alicyclic amines) is 1. The fourth-order valence-corrected chi connectivity index (χ4v) is 2.78. The standard InChI is InChI=1S/C13H15BrFN3/c1-9-12(8-17-6-10(5-15)7-17)16-13-4-11(14)2-3-18(9)13/h2-4,10H,5-8H2,1H3. The third-order valence-corrected chi connectivity index (χ3v) is 4.04. The molecule has 0 aliphatic carbocycles. The van der Waals surface area contributed by atoms with E-state index in [0.29, 0.717) is 0 Å². The molecule has 5 heteroatoms. The molecule has 1 fully saturated rings. The second-order valence-electron chi connectivity index (χ2n) is 4.93. The average molecular weight is 312 g/mol. The van der Waals surface area contributed by atoms with E-state index < -0.39 is 0 Å². The molecule has 0 saturated carbocycles. The molecule has 1 saturated heterocycles. The fourth-order valence-electron chi connectivity index (χ4n) is 2.46. The van der Waals surface area contributed by atoms with Gasteiger partial charge in [0.05, 0.1) is 12.4 Å².